The van der Waals surface area contributed by atoms with Gasteiger partial charge in [-0.15, -0.1) is 5.10 Å². The number of tetrazole rings is 1. The van der Waals surface area contributed by atoms with Crippen LogP contribution in [0.1, 0.15) is 22.4 Å². The van der Waals surface area contributed by atoms with Crippen molar-refractivity contribution < 1.29 is 45.0 Å². The largest absolute Gasteiger partial charge is 0.487 e. The molecule has 1 atom stereocenters. The van der Waals surface area contributed by atoms with E-state index in [0.29, 0.717) is 35.0 Å². The number of benzene rings is 2. The van der Waals surface area contributed by atoms with Crippen LogP contribution in [-0.2, 0) is 30.9 Å². The third kappa shape index (κ3) is 5.27. The summed E-state index contributed by atoms with van der Waals surface area (Å²) in [6.07, 6.45) is -3.05. The summed E-state index contributed by atoms with van der Waals surface area (Å²) in [6, 6.07) is 5.19. The smallest absolute Gasteiger partial charge is 0.416 e. The molecule has 0 amide bonds. The number of ether oxygens (including phenoxy) is 1. The molecule has 0 fully saturated rings. The van der Waals surface area contributed by atoms with E-state index in [1.165, 1.54) is 0 Å². The van der Waals surface area contributed by atoms with Gasteiger partial charge in [0.15, 0.2) is 5.60 Å². The Morgan fingerprint density at radius 3 is 2.24 bits per heavy atom. The van der Waals surface area contributed by atoms with E-state index in [9.17, 15) is 31.4 Å². The molecule has 200 valence electrons. The Bertz CT molecular complexity index is 1410. The van der Waals surface area contributed by atoms with Gasteiger partial charge in [-0.3, -0.25) is 4.98 Å². The van der Waals surface area contributed by atoms with Crippen molar-refractivity contribution in [2.45, 2.75) is 30.9 Å². The first-order chi connectivity index (χ1) is 17.8. The molecule has 0 spiro atoms. The van der Waals surface area contributed by atoms with Crippen molar-refractivity contribution >= 4 is 0 Å². The highest BCUT2D eigenvalue weighted by Gasteiger charge is 2.58. The molecule has 0 bridgehead atoms. The lowest BCUT2D eigenvalue weighted by Gasteiger charge is -2.35. The maximum absolute atomic E-state index is 15.7. The second-order valence-corrected chi connectivity index (χ2v) is 8.04. The number of hydrogen-bond donors (Lipinski definition) is 1. The Morgan fingerprint density at radius 1 is 0.895 bits per heavy atom. The van der Waals surface area contributed by atoms with Crippen molar-refractivity contribution in [3.05, 3.63) is 101 Å². The van der Waals surface area contributed by atoms with E-state index < -0.39 is 65.1 Å². The Balaban J connectivity index is 1.59. The summed E-state index contributed by atoms with van der Waals surface area (Å²) >= 11 is 0. The second kappa shape index (κ2) is 9.96. The standard InChI is InChI=1S/C23H15F8N5O2/c24-15-3-5-17(19(26)8-15)21(37,11-36-12-33-34-35-36)22(27,28)20-6-4-16(9-32-20)38-10-13-1-2-14(7-18(13)25)23(29,30)31/h1-9,12,37H,10-11H2. The summed E-state index contributed by atoms with van der Waals surface area (Å²) < 4.78 is 117. The van der Waals surface area contributed by atoms with Gasteiger partial charge < -0.3 is 9.84 Å². The van der Waals surface area contributed by atoms with Gasteiger partial charge in [-0.25, -0.2) is 17.9 Å². The topological polar surface area (TPSA) is 86.0 Å². The molecule has 2 aromatic heterocycles. The van der Waals surface area contributed by atoms with Crippen molar-refractivity contribution in [2.75, 3.05) is 0 Å². The normalized spacial score (nSPS) is 13.8. The number of aliphatic hydroxyl groups is 1. The number of hydrogen-bond acceptors (Lipinski definition) is 6. The van der Waals surface area contributed by atoms with E-state index in [4.69, 9.17) is 4.74 Å². The molecule has 1 unspecified atom stereocenters. The molecule has 4 aromatic rings. The average Bonchev–Trinajstić information content (AvgIpc) is 3.35. The predicted octanol–water partition coefficient (Wildman–Crippen LogP) is 4.76. The zero-order chi connectivity index (χ0) is 27.7. The first-order valence-corrected chi connectivity index (χ1v) is 10.5. The zero-order valence-corrected chi connectivity index (χ0v) is 18.8. The molecule has 4 rings (SSSR count). The summed E-state index contributed by atoms with van der Waals surface area (Å²) in [5.74, 6) is -8.19. The van der Waals surface area contributed by atoms with Crippen LogP contribution in [0, 0.1) is 17.5 Å². The van der Waals surface area contributed by atoms with Crippen molar-refractivity contribution in [3.63, 3.8) is 0 Å². The first kappa shape index (κ1) is 26.9. The van der Waals surface area contributed by atoms with Gasteiger partial charge in [-0.2, -0.15) is 22.0 Å². The van der Waals surface area contributed by atoms with Crippen LogP contribution in [-0.4, -0.2) is 30.3 Å². The SMILES string of the molecule is OC(Cn1cnnn1)(c1ccc(F)cc1F)C(F)(F)c1ccc(OCc2ccc(C(F)(F)F)cc2F)cn1. The van der Waals surface area contributed by atoms with Gasteiger partial charge in [0.1, 0.15) is 41.8 Å². The van der Waals surface area contributed by atoms with Crippen molar-refractivity contribution in [3.8, 4) is 5.75 Å². The molecule has 0 saturated heterocycles. The molecule has 0 aliphatic rings. The first-order valence-electron chi connectivity index (χ1n) is 10.5. The monoisotopic (exact) mass is 545 g/mol. The Kier molecular flexibility index (Phi) is 7.06. The summed E-state index contributed by atoms with van der Waals surface area (Å²) in [5.41, 5.74) is -6.79. The highest BCUT2D eigenvalue weighted by atomic mass is 19.4. The molecule has 0 saturated carbocycles. The minimum Gasteiger partial charge on any atom is -0.487 e. The molecule has 15 heteroatoms. The molecule has 0 aliphatic carbocycles. The van der Waals surface area contributed by atoms with E-state index in [2.05, 4.69) is 20.5 Å². The highest BCUT2D eigenvalue weighted by Crippen LogP contribution is 2.46. The molecule has 0 aliphatic heterocycles. The molecular weight excluding hydrogens is 530 g/mol. The third-order valence-electron chi connectivity index (χ3n) is 5.51. The second-order valence-electron chi connectivity index (χ2n) is 8.04. The lowest BCUT2D eigenvalue weighted by atomic mass is 9.84. The van der Waals surface area contributed by atoms with Crippen LogP contribution in [0.2, 0.25) is 0 Å². The summed E-state index contributed by atoms with van der Waals surface area (Å²) in [4.78, 5) is 3.56. The van der Waals surface area contributed by atoms with Crippen molar-refractivity contribution in [2.24, 2.45) is 0 Å². The van der Waals surface area contributed by atoms with Gasteiger partial charge in [-0.1, -0.05) is 6.07 Å². The average molecular weight is 545 g/mol. The highest BCUT2D eigenvalue weighted by molar-refractivity contribution is 5.33. The fourth-order valence-electron chi connectivity index (χ4n) is 3.53. The van der Waals surface area contributed by atoms with Crippen LogP contribution in [0.25, 0.3) is 0 Å². The van der Waals surface area contributed by atoms with E-state index in [0.717, 1.165) is 30.7 Å². The summed E-state index contributed by atoms with van der Waals surface area (Å²) in [7, 11) is 0. The van der Waals surface area contributed by atoms with E-state index in [1.54, 1.807) is 0 Å². The Labute approximate surface area is 208 Å². The van der Waals surface area contributed by atoms with Gasteiger partial charge in [0.25, 0.3) is 0 Å². The quantitative estimate of drug-likeness (QED) is 0.322. The fourth-order valence-corrected chi connectivity index (χ4v) is 3.53. The molecule has 38 heavy (non-hydrogen) atoms. The minimum atomic E-state index is -4.74. The van der Waals surface area contributed by atoms with Gasteiger partial charge in [0.2, 0.25) is 0 Å². The van der Waals surface area contributed by atoms with Crippen LogP contribution in [0.4, 0.5) is 35.1 Å². The Hall–Kier alpha value is -4.14. The van der Waals surface area contributed by atoms with Gasteiger partial charge in [-0.05, 0) is 46.8 Å². The zero-order valence-electron chi connectivity index (χ0n) is 18.8. The van der Waals surface area contributed by atoms with Gasteiger partial charge >= 0.3 is 12.1 Å². The predicted molar refractivity (Wildman–Crippen MR) is 112 cm³/mol. The lowest BCUT2D eigenvalue weighted by molar-refractivity contribution is -0.207. The maximum Gasteiger partial charge on any atom is 0.416 e. The number of pyridine rings is 1. The summed E-state index contributed by atoms with van der Waals surface area (Å²) in [5, 5.41) is 21.1. The van der Waals surface area contributed by atoms with E-state index in [-0.39, 0.29) is 11.3 Å². The van der Waals surface area contributed by atoms with Crippen molar-refractivity contribution in [1.29, 1.82) is 0 Å². The Morgan fingerprint density at radius 2 is 1.66 bits per heavy atom. The van der Waals surface area contributed by atoms with E-state index in [1.807, 2.05) is 0 Å². The number of rotatable bonds is 8. The molecule has 7 nitrogen and oxygen atoms in total. The lowest BCUT2D eigenvalue weighted by Crippen LogP contribution is -2.48. The van der Waals surface area contributed by atoms with Crippen molar-refractivity contribution in [1.82, 2.24) is 25.2 Å². The fraction of sp³-hybridized carbons (Fsp3) is 0.217. The van der Waals surface area contributed by atoms with E-state index >= 15 is 8.78 Å². The van der Waals surface area contributed by atoms with Gasteiger partial charge in [0.05, 0.1) is 18.3 Å². The van der Waals surface area contributed by atoms with Crippen LogP contribution in [0.15, 0.2) is 61.1 Å². The minimum absolute atomic E-state index is 0.166. The molecule has 2 heterocycles. The maximum atomic E-state index is 15.7. The molecule has 0 radical (unpaired) electrons. The number of nitrogens with zero attached hydrogens (tertiary/aromatic N) is 5. The van der Waals surface area contributed by atoms with Crippen LogP contribution < -0.4 is 4.74 Å². The van der Waals surface area contributed by atoms with Gasteiger partial charge in [0, 0.05) is 17.2 Å². The molecule has 2 aromatic carbocycles. The number of aromatic nitrogens is 5. The summed E-state index contributed by atoms with van der Waals surface area (Å²) in [6.45, 7) is -1.60. The molecule has 1 N–H and O–H groups in total. The molecular formula is C23H15F8N5O2. The number of alkyl halides is 5. The van der Waals surface area contributed by atoms with Crippen LogP contribution in [0.5, 0.6) is 5.75 Å². The number of halogens is 8. The van der Waals surface area contributed by atoms with Crippen LogP contribution >= 0.6 is 0 Å². The third-order valence-corrected chi connectivity index (χ3v) is 5.51. The van der Waals surface area contributed by atoms with Crippen LogP contribution in [0.3, 0.4) is 0 Å².